The molecule has 1 aromatic carbocycles. The molecule has 0 aliphatic rings. The number of rotatable bonds is 8. The third-order valence-corrected chi connectivity index (χ3v) is 6.23. The van der Waals surface area contributed by atoms with E-state index in [1.807, 2.05) is 56.0 Å². The fourth-order valence-electron chi connectivity index (χ4n) is 2.76. The smallest absolute Gasteiger partial charge is 0.251 e. The van der Waals surface area contributed by atoms with Gasteiger partial charge in [0.25, 0.3) is 5.91 Å². The molecule has 0 radical (unpaired) electrons. The van der Waals surface area contributed by atoms with Crippen molar-refractivity contribution in [2.24, 2.45) is 13.0 Å². The molecule has 0 spiro atoms. The summed E-state index contributed by atoms with van der Waals surface area (Å²) >= 11 is 2.68. The summed E-state index contributed by atoms with van der Waals surface area (Å²) in [5, 5.41) is 17.4. The molecule has 30 heavy (non-hydrogen) atoms. The third-order valence-electron chi connectivity index (χ3n) is 4.33. The van der Waals surface area contributed by atoms with Gasteiger partial charge in [0, 0.05) is 18.0 Å². The molecule has 158 valence electrons. The van der Waals surface area contributed by atoms with E-state index >= 15 is 0 Å². The minimum atomic E-state index is -0.309. The normalized spacial score (nSPS) is 12.0. The van der Waals surface area contributed by atoms with Crippen molar-refractivity contribution in [3.63, 3.8) is 0 Å². The molecular weight excluding hydrogens is 420 g/mol. The van der Waals surface area contributed by atoms with Gasteiger partial charge in [-0.3, -0.25) is 9.59 Å². The molecule has 2 amide bonds. The fraction of sp³-hybridized carbons (Fsp3) is 0.350. The monoisotopic (exact) mass is 444 g/mol. The highest BCUT2D eigenvalue weighted by atomic mass is 32.2. The minimum Gasteiger partial charge on any atom is -0.342 e. The van der Waals surface area contributed by atoms with Crippen LogP contribution in [0.3, 0.4) is 0 Å². The van der Waals surface area contributed by atoms with Gasteiger partial charge in [-0.05, 0) is 25.0 Å². The number of thioether (sulfide) groups is 1. The molecule has 0 aliphatic carbocycles. The van der Waals surface area contributed by atoms with Gasteiger partial charge < -0.3 is 15.2 Å². The summed E-state index contributed by atoms with van der Waals surface area (Å²) in [6.07, 6.45) is 0. The van der Waals surface area contributed by atoms with Crippen LogP contribution in [0, 0.1) is 12.8 Å². The van der Waals surface area contributed by atoms with Crippen LogP contribution in [0.25, 0.3) is 0 Å². The zero-order valence-corrected chi connectivity index (χ0v) is 18.9. The minimum absolute atomic E-state index is 0.106. The number of benzene rings is 1. The van der Waals surface area contributed by atoms with Gasteiger partial charge in [-0.15, -0.1) is 21.5 Å². The Labute approximate surface area is 183 Å². The van der Waals surface area contributed by atoms with Crippen molar-refractivity contribution in [1.82, 2.24) is 25.1 Å². The summed E-state index contributed by atoms with van der Waals surface area (Å²) in [6.45, 7) is 5.91. The molecular formula is C20H24N6O2S2. The Morgan fingerprint density at radius 2 is 1.93 bits per heavy atom. The molecule has 0 saturated heterocycles. The second-order valence-corrected chi connectivity index (χ2v) is 8.89. The first kappa shape index (κ1) is 22.0. The van der Waals surface area contributed by atoms with Crippen LogP contribution in [0.2, 0.25) is 0 Å². The molecule has 2 N–H and O–H groups in total. The molecule has 0 aliphatic heterocycles. The summed E-state index contributed by atoms with van der Waals surface area (Å²) in [4.78, 5) is 29.0. The van der Waals surface area contributed by atoms with Gasteiger partial charge in [0.1, 0.15) is 0 Å². The molecule has 2 heterocycles. The van der Waals surface area contributed by atoms with Crippen LogP contribution in [0.4, 0.5) is 5.13 Å². The van der Waals surface area contributed by atoms with Crippen molar-refractivity contribution in [3.8, 4) is 0 Å². The van der Waals surface area contributed by atoms with Crippen LogP contribution in [0.15, 0.2) is 40.9 Å². The van der Waals surface area contributed by atoms with E-state index in [0.29, 0.717) is 21.7 Å². The van der Waals surface area contributed by atoms with Crippen LogP contribution in [-0.2, 0) is 11.8 Å². The molecule has 3 aromatic rings. The number of hydrogen-bond donors (Lipinski definition) is 2. The predicted octanol–water partition coefficient (Wildman–Crippen LogP) is 3.44. The van der Waals surface area contributed by atoms with Crippen molar-refractivity contribution < 1.29 is 9.59 Å². The number of anilines is 1. The molecule has 3 rings (SSSR count). The Balaban J connectivity index is 1.65. The maximum Gasteiger partial charge on any atom is 0.251 e. The zero-order chi connectivity index (χ0) is 21.7. The lowest BCUT2D eigenvalue weighted by Gasteiger charge is -2.21. The second kappa shape index (κ2) is 9.86. The van der Waals surface area contributed by atoms with Crippen LogP contribution in [0.5, 0.6) is 0 Å². The Morgan fingerprint density at radius 3 is 2.57 bits per heavy atom. The van der Waals surface area contributed by atoms with E-state index < -0.39 is 0 Å². The topological polar surface area (TPSA) is 102 Å². The fourth-order valence-corrected chi connectivity index (χ4v) is 4.19. The van der Waals surface area contributed by atoms with E-state index in [4.69, 9.17) is 0 Å². The van der Waals surface area contributed by atoms with E-state index in [9.17, 15) is 9.59 Å². The second-order valence-electron chi connectivity index (χ2n) is 7.09. The van der Waals surface area contributed by atoms with Gasteiger partial charge in [-0.25, -0.2) is 4.98 Å². The summed E-state index contributed by atoms with van der Waals surface area (Å²) in [7, 11) is 1.84. The van der Waals surface area contributed by atoms with Gasteiger partial charge in [0.05, 0.1) is 17.5 Å². The standard InChI is InChI=1S/C20H24N6O2S2/c1-12(2)16(23-18(28)14-8-6-5-7-9-14)17-24-25-20(26(17)4)30-11-15(27)22-19-21-13(3)10-29-19/h5-10,12,16H,11H2,1-4H3,(H,23,28)(H,21,22,27)/t16-/m0/s1. The Hall–Kier alpha value is -2.72. The van der Waals surface area contributed by atoms with Gasteiger partial charge in [0.2, 0.25) is 5.91 Å². The number of hydrogen-bond acceptors (Lipinski definition) is 7. The lowest BCUT2D eigenvalue weighted by atomic mass is 10.0. The third kappa shape index (κ3) is 5.45. The number of thiazole rings is 1. The quantitative estimate of drug-likeness (QED) is 0.516. The van der Waals surface area contributed by atoms with Gasteiger partial charge >= 0.3 is 0 Å². The maximum absolute atomic E-state index is 12.6. The van der Waals surface area contributed by atoms with Gasteiger partial charge in [0.15, 0.2) is 16.1 Å². The first-order valence-corrected chi connectivity index (χ1v) is 11.3. The van der Waals surface area contributed by atoms with Crippen LogP contribution >= 0.6 is 23.1 Å². The average Bonchev–Trinajstić information content (AvgIpc) is 3.30. The first-order valence-electron chi connectivity index (χ1n) is 9.45. The highest BCUT2D eigenvalue weighted by molar-refractivity contribution is 7.99. The van der Waals surface area contributed by atoms with Crippen LogP contribution in [0.1, 0.15) is 41.8 Å². The molecule has 10 heteroatoms. The number of carbonyl (C=O) groups excluding carboxylic acids is 2. The molecule has 0 unspecified atom stereocenters. The van der Waals surface area contributed by atoms with Crippen molar-refractivity contribution in [3.05, 3.63) is 52.8 Å². The molecule has 0 bridgehead atoms. The Bertz CT molecular complexity index is 1020. The molecule has 0 fully saturated rings. The lowest BCUT2D eigenvalue weighted by molar-refractivity contribution is -0.113. The van der Waals surface area contributed by atoms with Crippen molar-refractivity contribution in [1.29, 1.82) is 0 Å². The largest absolute Gasteiger partial charge is 0.342 e. The number of nitrogens with one attached hydrogen (secondary N) is 2. The van der Waals surface area contributed by atoms with E-state index in [2.05, 4.69) is 25.8 Å². The number of amides is 2. The van der Waals surface area contributed by atoms with Crippen molar-refractivity contribution in [2.45, 2.75) is 32.0 Å². The Morgan fingerprint density at radius 1 is 1.20 bits per heavy atom. The lowest BCUT2D eigenvalue weighted by Crippen LogP contribution is -2.33. The molecule has 2 aromatic heterocycles. The Kier molecular flexibility index (Phi) is 7.22. The van der Waals surface area contributed by atoms with E-state index in [0.717, 1.165) is 5.69 Å². The molecule has 0 saturated carbocycles. The number of aromatic nitrogens is 4. The van der Waals surface area contributed by atoms with Crippen LogP contribution < -0.4 is 10.6 Å². The van der Waals surface area contributed by atoms with Crippen molar-refractivity contribution in [2.75, 3.05) is 11.1 Å². The van der Waals surface area contributed by atoms with E-state index in [-0.39, 0.29) is 29.5 Å². The SMILES string of the molecule is Cc1csc(NC(=O)CSc2nnc([C@@H](NC(=O)c3ccccc3)C(C)C)n2C)n1. The summed E-state index contributed by atoms with van der Waals surface area (Å²) in [5.74, 6) is 0.622. The number of carbonyl (C=O) groups is 2. The predicted molar refractivity (Wildman–Crippen MR) is 119 cm³/mol. The molecule has 1 atom stereocenters. The highest BCUT2D eigenvalue weighted by Gasteiger charge is 2.25. The zero-order valence-electron chi connectivity index (χ0n) is 17.2. The first-order chi connectivity index (χ1) is 14.3. The highest BCUT2D eigenvalue weighted by Crippen LogP contribution is 2.24. The van der Waals surface area contributed by atoms with Crippen molar-refractivity contribution >= 4 is 40.0 Å². The summed E-state index contributed by atoms with van der Waals surface area (Å²) < 4.78 is 1.82. The number of aryl methyl sites for hydroxylation is 1. The molecule has 8 nitrogen and oxygen atoms in total. The number of nitrogens with zero attached hydrogens (tertiary/aromatic N) is 4. The van der Waals surface area contributed by atoms with Crippen LogP contribution in [-0.4, -0.2) is 37.3 Å². The van der Waals surface area contributed by atoms with Gasteiger partial charge in [-0.1, -0.05) is 43.8 Å². The maximum atomic E-state index is 12.6. The summed E-state index contributed by atoms with van der Waals surface area (Å²) in [6, 6.07) is 8.76. The van der Waals surface area contributed by atoms with Gasteiger partial charge in [-0.2, -0.15) is 0 Å². The average molecular weight is 445 g/mol. The van der Waals surface area contributed by atoms with E-state index in [1.54, 1.807) is 12.1 Å². The van der Waals surface area contributed by atoms with E-state index in [1.165, 1.54) is 23.1 Å². The summed E-state index contributed by atoms with van der Waals surface area (Å²) in [5.41, 5.74) is 1.46.